The number of ether oxygens (including phenoxy) is 3. The minimum atomic E-state index is -0.378. The summed E-state index contributed by atoms with van der Waals surface area (Å²) in [6.07, 6.45) is 0.159. The SMILES string of the molecule is COc1cc([C@@H]2CC(=O)Nc3sc(C(=O)c4ccc(OC)c(OC)c4)c(N)c32)ccc1O. The molecule has 0 aliphatic carbocycles. The number of phenols is 1. The van der Waals surface area contributed by atoms with E-state index in [1.54, 1.807) is 30.3 Å². The highest BCUT2D eigenvalue weighted by Crippen LogP contribution is 2.48. The van der Waals surface area contributed by atoms with Gasteiger partial charge in [-0.1, -0.05) is 6.07 Å². The molecular formula is C23H22N2O6S. The first-order valence-electron chi connectivity index (χ1n) is 9.73. The van der Waals surface area contributed by atoms with Gasteiger partial charge in [-0.2, -0.15) is 0 Å². The lowest BCUT2D eigenvalue weighted by atomic mass is 9.85. The number of aromatic hydroxyl groups is 1. The van der Waals surface area contributed by atoms with E-state index in [1.807, 2.05) is 0 Å². The Morgan fingerprint density at radius 3 is 2.47 bits per heavy atom. The first-order chi connectivity index (χ1) is 15.4. The third-order valence-corrected chi connectivity index (χ3v) is 6.57. The number of hydrogen-bond donors (Lipinski definition) is 3. The van der Waals surface area contributed by atoms with Gasteiger partial charge in [-0.15, -0.1) is 11.3 Å². The molecule has 0 spiro atoms. The molecule has 8 nitrogen and oxygen atoms in total. The molecule has 3 aromatic rings. The number of ketones is 1. The maximum atomic E-state index is 13.3. The van der Waals surface area contributed by atoms with Crippen molar-refractivity contribution in [3.8, 4) is 23.0 Å². The van der Waals surface area contributed by atoms with Crippen LogP contribution >= 0.6 is 11.3 Å². The third kappa shape index (κ3) is 3.60. The fourth-order valence-corrected chi connectivity index (χ4v) is 4.99. The van der Waals surface area contributed by atoms with E-state index in [0.717, 1.165) is 16.9 Å². The lowest BCUT2D eigenvalue weighted by Gasteiger charge is -2.24. The number of rotatable bonds is 6. The summed E-state index contributed by atoms with van der Waals surface area (Å²) in [6, 6.07) is 9.80. The van der Waals surface area contributed by atoms with E-state index in [-0.39, 0.29) is 29.8 Å². The predicted octanol–water partition coefficient (Wildman–Crippen LogP) is 3.77. The molecule has 0 unspecified atom stereocenters. The van der Waals surface area contributed by atoms with Crippen molar-refractivity contribution in [3.05, 3.63) is 58.0 Å². The molecule has 4 rings (SSSR count). The van der Waals surface area contributed by atoms with E-state index < -0.39 is 0 Å². The van der Waals surface area contributed by atoms with E-state index in [9.17, 15) is 14.7 Å². The molecule has 2 heterocycles. The van der Waals surface area contributed by atoms with Gasteiger partial charge in [0.05, 0.1) is 27.0 Å². The number of nitrogens with one attached hydrogen (secondary N) is 1. The Morgan fingerprint density at radius 1 is 1.06 bits per heavy atom. The Morgan fingerprint density at radius 2 is 1.78 bits per heavy atom. The second kappa shape index (κ2) is 8.43. The maximum absolute atomic E-state index is 13.3. The van der Waals surface area contributed by atoms with Crippen LogP contribution in [0.2, 0.25) is 0 Å². The van der Waals surface area contributed by atoms with Crippen LogP contribution in [0, 0.1) is 0 Å². The van der Waals surface area contributed by atoms with E-state index in [2.05, 4.69) is 5.32 Å². The van der Waals surface area contributed by atoms with Gasteiger partial charge in [0.2, 0.25) is 11.7 Å². The van der Waals surface area contributed by atoms with Crippen LogP contribution in [0.5, 0.6) is 23.0 Å². The van der Waals surface area contributed by atoms with Crippen molar-refractivity contribution < 1.29 is 28.9 Å². The average Bonchev–Trinajstić information content (AvgIpc) is 3.13. The van der Waals surface area contributed by atoms with Gasteiger partial charge in [-0.25, -0.2) is 0 Å². The average molecular weight is 455 g/mol. The molecule has 0 saturated carbocycles. The van der Waals surface area contributed by atoms with Crippen LogP contribution in [-0.4, -0.2) is 38.1 Å². The molecule has 1 atom stereocenters. The van der Waals surface area contributed by atoms with Gasteiger partial charge in [-0.3, -0.25) is 9.59 Å². The number of anilines is 2. The molecular weight excluding hydrogens is 432 g/mol. The summed E-state index contributed by atoms with van der Waals surface area (Å²) in [7, 11) is 4.47. The normalized spacial score (nSPS) is 15.0. The Labute approximate surface area is 188 Å². The highest BCUT2D eigenvalue weighted by atomic mass is 32.1. The second-order valence-corrected chi connectivity index (χ2v) is 8.24. The van der Waals surface area contributed by atoms with Crippen LogP contribution in [0.25, 0.3) is 0 Å². The summed E-state index contributed by atoms with van der Waals surface area (Å²) in [5, 5.41) is 13.3. The summed E-state index contributed by atoms with van der Waals surface area (Å²) in [4.78, 5) is 26.0. The van der Waals surface area contributed by atoms with Gasteiger partial charge < -0.3 is 30.4 Å². The van der Waals surface area contributed by atoms with E-state index >= 15 is 0 Å². The van der Waals surface area contributed by atoms with Crippen molar-refractivity contribution in [3.63, 3.8) is 0 Å². The Balaban J connectivity index is 1.78. The fraction of sp³-hybridized carbons (Fsp3) is 0.217. The van der Waals surface area contributed by atoms with Gasteiger partial charge in [0.15, 0.2) is 23.0 Å². The molecule has 0 radical (unpaired) electrons. The largest absolute Gasteiger partial charge is 0.504 e. The topological polar surface area (TPSA) is 120 Å². The molecule has 0 saturated heterocycles. The number of nitrogen functional groups attached to an aromatic ring is 1. The van der Waals surface area contributed by atoms with Crippen LogP contribution < -0.4 is 25.3 Å². The van der Waals surface area contributed by atoms with Crippen LogP contribution in [-0.2, 0) is 4.79 Å². The number of carbonyl (C=O) groups is 2. The number of hydrogen-bond acceptors (Lipinski definition) is 8. The maximum Gasteiger partial charge on any atom is 0.225 e. The number of fused-ring (bicyclic) bond motifs is 1. The minimum Gasteiger partial charge on any atom is -0.504 e. The zero-order valence-corrected chi connectivity index (χ0v) is 18.5. The molecule has 4 N–H and O–H groups in total. The number of amides is 1. The fourth-order valence-electron chi connectivity index (χ4n) is 3.83. The molecule has 1 aliphatic heterocycles. The van der Waals surface area contributed by atoms with Gasteiger partial charge in [0, 0.05) is 23.5 Å². The lowest BCUT2D eigenvalue weighted by Crippen LogP contribution is -2.22. The highest BCUT2D eigenvalue weighted by molar-refractivity contribution is 7.19. The molecule has 1 aromatic heterocycles. The summed E-state index contributed by atoms with van der Waals surface area (Å²) in [5.74, 6) is 0.401. The van der Waals surface area contributed by atoms with Crippen molar-refractivity contribution in [1.82, 2.24) is 0 Å². The smallest absolute Gasteiger partial charge is 0.225 e. The zero-order chi connectivity index (χ0) is 23.0. The van der Waals surface area contributed by atoms with E-state index in [1.165, 1.54) is 27.4 Å². The van der Waals surface area contributed by atoms with Crippen molar-refractivity contribution in [2.45, 2.75) is 12.3 Å². The number of benzene rings is 2. The van der Waals surface area contributed by atoms with E-state index in [4.69, 9.17) is 19.9 Å². The van der Waals surface area contributed by atoms with Crippen LogP contribution in [0.4, 0.5) is 10.7 Å². The molecule has 1 amide bonds. The van der Waals surface area contributed by atoms with Crippen molar-refractivity contribution in [1.29, 1.82) is 0 Å². The van der Waals surface area contributed by atoms with Crippen LogP contribution in [0.3, 0.4) is 0 Å². The summed E-state index contributed by atoms with van der Waals surface area (Å²) < 4.78 is 15.7. The number of thiophene rings is 1. The van der Waals surface area contributed by atoms with Crippen LogP contribution in [0.1, 0.15) is 38.7 Å². The lowest BCUT2D eigenvalue weighted by molar-refractivity contribution is -0.116. The van der Waals surface area contributed by atoms with Crippen molar-refractivity contribution in [2.75, 3.05) is 32.4 Å². The van der Waals surface area contributed by atoms with Crippen LogP contribution in [0.15, 0.2) is 36.4 Å². The summed E-state index contributed by atoms with van der Waals surface area (Å²) >= 11 is 1.14. The summed E-state index contributed by atoms with van der Waals surface area (Å²) in [5.41, 5.74) is 8.62. The quantitative estimate of drug-likeness (QED) is 0.485. The first kappa shape index (κ1) is 21.5. The molecule has 1 aliphatic rings. The van der Waals surface area contributed by atoms with Gasteiger partial charge >= 0.3 is 0 Å². The molecule has 9 heteroatoms. The monoisotopic (exact) mass is 454 g/mol. The second-order valence-electron chi connectivity index (χ2n) is 7.22. The summed E-state index contributed by atoms with van der Waals surface area (Å²) in [6.45, 7) is 0. The van der Waals surface area contributed by atoms with Gasteiger partial charge in [-0.05, 0) is 35.9 Å². The minimum absolute atomic E-state index is 0.000607. The predicted molar refractivity (Wildman–Crippen MR) is 121 cm³/mol. The molecule has 32 heavy (non-hydrogen) atoms. The number of carbonyl (C=O) groups excluding carboxylic acids is 2. The first-order valence-corrected chi connectivity index (χ1v) is 10.5. The third-order valence-electron chi connectivity index (χ3n) is 5.43. The number of phenolic OH excluding ortho intramolecular Hbond substituents is 1. The Hall–Kier alpha value is -3.72. The van der Waals surface area contributed by atoms with Gasteiger partial charge in [0.25, 0.3) is 0 Å². The Bertz CT molecular complexity index is 1220. The number of nitrogens with two attached hydrogens (primary N) is 1. The van der Waals surface area contributed by atoms with Crippen molar-refractivity contribution in [2.24, 2.45) is 0 Å². The Kier molecular flexibility index (Phi) is 5.67. The zero-order valence-electron chi connectivity index (χ0n) is 17.7. The molecule has 166 valence electrons. The van der Waals surface area contributed by atoms with Gasteiger partial charge in [0.1, 0.15) is 9.88 Å². The van der Waals surface area contributed by atoms with E-state index in [0.29, 0.717) is 43.9 Å². The van der Waals surface area contributed by atoms with Crippen molar-refractivity contribution >= 4 is 33.7 Å². The number of methoxy groups -OCH3 is 3. The molecule has 0 fully saturated rings. The molecule has 0 bridgehead atoms. The highest BCUT2D eigenvalue weighted by Gasteiger charge is 2.34. The standard InChI is InChI=1S/C23H22N2O6S/c1-29-15-7-5-12(9-17(15)31-3)21(28)22-20(24)19-13(10-18(27)25-23(19)32-22)11-4-6-14(26)16(8-11)30-2/h4-9,13,26H,10,24H2,1-3H3,(H,25,27)/t13-/m0/s1. The molecule has 2 aromatic carbocycles.